The third-order valence-corrected chi connectivity index (χ3v) is 1.27. The minimum Gasteiger partial charge on any atom is -0.464 e. The molecule has 0 spiro atoms. The van der Waals surface area contributed by atoms with Gasteiger partial charge in [-0.2, -0.15) is 4.98 Å². The fraction of sp³-hybridized carbons (Fsp3) is 0.250. The Balaban J connectivity index is 0.000000487. The maximum absolute atomic E-state index is 10.9. The molecule has 0 aliphatic heterocycles. The smallest absolute Gasteiger partial charge is 0.356 e. The maximum Gasteiger partial charge on any atom is 0.356 e. The molecule has 1 heterocycles. The largest absolute Gasteiger partial charge is 0.464 e. The zero-order valence-corrected chi connectivity index (χ0v) is 8.81. The molecule has 0 aliphatic carbocycles. The fourth-order valence-electron chi connectivity index (χ4n) is 0.789. The number of nitrogens with two attached hydrogens (primary N) is 2. The number of aromatic nitrogens is 2. The van der Waals surface area contributed by atoms with Gasteiger partial charge in [0.2, 0.25) is 0 Å². The number of urea groups is 1. The second-order valence-electron chi connectivity index (χ2n) is 2.65. The molecule has 8 heteroatoms. The van der Waals surface area contributed by atoms with Crippen LogP contribution in [0.1, 0.15) is 16.2 Å². The number of aromatic amines is 1. The Morgan fingerprint density at radius 3 is 2.31 bits per heavy atom. The number of ether oxygens (including phenoxy) is 1. The first kappa shape index (κ1) is 13.6. The van der Waals surface area contributed by atoms with Gasteiger partial charge in [0.15, 0.2) is 5.69 Å². The molecule has 0 unspecified atom stereocenters. The van der Waals surface area contributed by atoms with Gasteiger partial charge in [0, 0.05) is 5.69 Å². The Kier molecular flexibility index (Phi) is 5.25. The number of nitrogens with one attached hydrogen (secondary N) is 1. The van der Waals surface area contributed by atoms with E-state index in [-0.39, 0.29) is 5.69 Å². The summed E-state index contributed by atoms with van der Waals surface area (Å²) < 4.78 is 4.39. The molecule has 88 valence electrons. The van der Waals surface area contributed by atoms with Crippen LogP contribution < -0.4 is 17.2 Å². The molecule has 0 aromatic carbocycles. The monoisotopic (exact) mass is 228 g/mol. The predicted octanol–water partition coefficient (Wildman–Crippen LogP) is -1.11. The van der Waals surface area contributed by atoms with E-state index in [1.807, 2.05) is 0 Å². The lowest BCUT2D eigenvalue weighted by Gasteiger charge is -1.97. The standard InChI is InChI=1S/C7H8N2O3.CH4N2O/c1-4-3-5(6(10)12-2)9-7(11)8-4;2-1(3)4/h3H,1-2H3,(H,8,9,11);(H4,2,3,4). The minimum atomic E-state index is -0.833. The highest BCUT2D eigenvalue weighted by Crippen LogP contribution is 1.95. The zero-order valence-electron chi connectivity index (χ0n) is 8.81. The lowest BCUT2D eigenvalue weighted by Crippen LogP contribution is -2.18. The van der Waals surface area contributed by atoms with E-state index in [1.54, 1.807) is 6.92 Å². The van der Waals surface area contributed by atoms with E-state index < -0.39 is 17.7 Å². The average molecular weight is 228 g/mol. The van der Waals surface area contributed by atoms with Crippen molar-refractivity contribution in [2.45, 2.75) is 6.92 Å². The van der Waals surface area contributed by atoms with Crippen LogP contribution in [0.5, 0.6) is 0 Å². The summed E-state index contributed by atoms with van der Waals surface area (Å²) >= 11 is 0. The number of methoxy groups -OCH3 is 1. The summed E-state index contributed by atoms with van der Waals surface area (Å²) in [5.41, 5.74) is 8.56. The van der Waals surface area contributed by atoms with E-state index in [0.717, 1.165) is 0 Å². The second-order valence-corrected chi connectivity index (χ2v) is 2.65. The zero-order chi connectivity index (χ0) is 12.7. The van der Waals surface area contributed by atoms with Crippen molar-refractivity contribution in [3.63, 3.8) is 0 Å². The van der Waals surface area contributed by atoms with Gasteiger partial charge in [-0.05, 0) is 13.0 Å². The first-order valence-electron chi connectivity index (χ1n) is 4.08. The predicted molar refractivity (Wildman–Crippen MR) is 54.7 cm³/mol. The highest BCUT2D eigenvalue weighted by Gasteiger charge is 2.07. The van der Waals surface area contributed by atoms with Gasteiger partial charge in [0.05, 0.1) is 7.11 Å². The average Bonchev–Trinajstić information content (AvgIpc) is 2.14. The van der Waals surface area contributed by atoms with Gasteiger partial charge in [0.25, 0.3) is 0 Å². The second kappa shape index (κ2) is 6.17. The summed E-state index contributed by atoms with van der Waals surface area (Å²) in [6, 6.07) is 0.618. The number of hydrogen-bond acceptors (Lipinski definition) is 5. The molecular weight excluding hydrogens is 216 g/mol. The van der Waals surface area contributed by atoms with Crippen molar-refractivity contribution in [2.75, 3.05) is 7.11 Å². The molecular formula is C8H12N4O4. The molecule has 1 aromatic rings. The van der Waals surface area contributed by atoms with Gasteiger partial charge in [-0.3, -0.25) is 0 Å². The van der Waals surface area contributed by atoms with E-state index in [4.69, 9.17) is 4.79 Å². The van der Waals surface area contributed by atoms with Crippen LogP contribution in [-0.4, -0.2) is 29.1 Å². The van der Waals surface area contributed by atoms with Crippen molar-refractivity contribution in [3.05, 3.63) is 27.9 Å². The molecule has 1 aromatic heterocycles. The first-order valence-corrected chi connectivity index (χ1v) is 4.08. The Morgan fingerprint density at radius 1 is 1.44 bits per heavy atom. The van der Waals surface area contributed by atoms with Crippen molar-refractivity contribution in [3.8, 4) is 0 Å². The van der Waals surface area contributed by atoms with Crippen LogP contribution in [0.2, 0.25) is 0 Å². The number of carbonyl (C=O) groups excluding carboxylic acids is 2. The molecule has 0 saturated heterocycles. The van der Waals surface area contributed by atoms with Gasteiger partial charge in [0.1, 0.15) is 0 Å². The highest BCUT2D eigenvalue weighted by molar-refractivity contribution is 5.86. The molecule has 0 fully saturated rings. The summed E-state index contributed by atoms with van der Waals surface area (Å²) in [7, 11) is 1.24. The van der Waals surface area contributed by atoms with Crippen molar-refractivity contribution < 1.29 is 14.3 Å². The number of amides is 2. The minimum absolute atomic E-state index is 0.0266. The summed E-state index contributed by atoms with van der Waals surface area (Å²) in [4.78, 5) is 36.5. The molecule has 0 radical (unpaired) electrons. The molecule has 8 nitrogen and oxygen atoms in total. The molecule has 0 bridgehead atoms. The lowest BCUT2D eigenvalue weighted by atomic mass is 10.3. The topological polar surface area (TPSA) is 141 Å². The molecule has 16 heavy (non-hydrogen) atoms. The van der Waals surface area contributed by atoms with Gasteiger partial charge in [-0.1, -0.05) is 0 Å². The highest BCUT2D eigenvalue weighted by atomic mass is 16.5. The first-order chi connectivity index (χ1) is 7.36. The van der Waals surface area contributed by atoms with Crippen LogP contribution in [-0.2, 0) is 4.74 Å². The number of H-pyrrole nitrogens is 1. The number of carbonyl (C=O) groups is 2. The van der Waals surface area contributed by atoms with Gasteiger partial charge in [-0.25, -0.2) is 14.4 Å². The summed E-state index contributed by atoms with van der Waals surface area (Å²) in [5, 5.41) is 0. The fourth-order valence-corrected chi connectivity index (χ4v) is 0.789. The van der Waals surface area contributed by atoms with Crippen LogP contribution in [0.25, 0.3) is 0 Å². The van der Waals surface area contributed by atoms with Crippen LogP contribution in [0.15, 0.2) is 10.9 Å². The third kappa shape index (κ3) is 5.37. The van der Waals surface area contributed by atoms with E-state index in [9.17, 15) is 9.59 Å². The van der Waals surface area contributed by atoms with Crippen LogP contribution >= 0.6 is 0 Å². The number of rotatable bonds is 1. The van der Waals surface area contributed by atoms with Crippen molar-refractivity contribution >= 4 is 12.0 Å². The Labute approximate surface area is 90.6 Å². The van der Waals surface area contributed by atoms with Crippen LogP contribution in [0.3, 0.4) is 0 Å². The number of aryl methyl sites for hydroxylation is 1. The SMILES string of the molecule is COC(=O)c1cc(C)[nH]c(=O)n1.NC(N)=O. The Bertz CT molecular complexity index is 436. The number of esters is 1. The Morgan fingerprint density at radius 2 is 1.94 bits per heavy atom. The molecule has 0 atom stereocenters. The maximum atomic E-state index is 10.9. The van der Waals surface area contributed by atoms with E-state index in [1.165, 1.54) is 13.2 Å². The summed E-state index contributed by atoms with van der Waals surface area (Å²) in [6.45, 7) is 1.66. The van der Waals surface area contributed by atoms with E-state index in [2.05, 4.69) is 26.2 Å². The molecule has 1 rings (SSSR count). The van der Waals surface area contributed by atoms with Crippen LogP contribution in [0.4, 0.5) is 4.79 Å². The number of hydrogen-bond donors (Lipinski definition) is 3. The third-order valence-electron chi connectivity index (χ3n) is 1.27. The summed E-state index contributed by atoms with van der Waals surface area (Å²) in [6.07, 6.45) is 0. The Hall–Kier alpha value is -2.38. The molecule has 0 saturated carbocycles. The molecule has 5 N–H and O–H groups in total. The van der Waals surface area contributed by atoms with Crippen molar-refractivity contribution in [1.82, 2.24) is 9.97 Å². The summed E-state index contributed by atoms with van der Waals surface area (Å²) in [5.74, 6) is -0.607. The normalized spacial score (nSPS) is 8.62. The number of nitrogens with zero attached hydrogens (tertiary/aromatic N) is 1. The quantitative estimate of drug-likeness (QED) is 0.522. The van der Waals surface area contributed by atoms with E-state index >= 15 is 0 Å². The lowest BCUT2D eigenvalue weighted by molar-refractivity contribution is 0.0593. The van der Waals surface area contributed by atoms with Gasteiger partial charge < -0.3 is 21.2 Å². The molecule has 0 aliphatic rings. The van der Waals surface area contributed by atoms with Gasteiger partial charge >= 0.3 is 17.7 Å². The van der Waals surface area contributed by atoms with Crippen molar-refractivity contribution in [2.24, 2.45) is 11.5 Å². The van der Waals surface area contributed by atoms with E-state index in [0.29, 0.717) is 5.69 Å². The van der Waals surface area contributed by atoms with Crippen LogP contribution in [0, 0.1) is 6.92 Å². The van der Waals surface area contributed by atoms with Crippen molar-refractivity contribution in [1.29, 1.82) is 0 Å². The number of primary amides is 2. The molecule has 2 amide bonds. The van der Waals surface area contributed by atoms with Gasteiger partial charge in [-0.15, -0.1) is 0 Å².